The molecule has 0 radical (unpaired) electrons. The molecule has 0 aliphatic rings. The molecule has 0 bridgehead atoms. The molecule has 0 spiro atoms. The van der Waals surface area contributed by atoms with E-state index in [1.807, 2.05) is 29.6 Å². The van der Waals surface area contributed by atoms with Crippen LogP contribution in [-0.2, 0) is 16.2 Å². The highest BCUT2D eigenvalue weighted by Gasteiger charge is 2.22. The molecular formula is C21H19F2NO3S2. The summed E-state index contributed by atoms with van der Waals surface area (Å²) in [5, 5.41) is 1.30. The molecule has 1 unspecified atom stereocenters. The highest BCUT2D eigenvalue weighted by atomic mass is 32.2. The zero-order valence-electron chi connectivity index (χ0n) is 15.6. The average molecular weight is 436 g/mol. The van der Waals surface area contributed by atoms with Gasteiger partial charge in [-0.2, -0.15) is 0 Å². The molecule has 0 amide bonds. The Morgan fingerprint density at radius 3 is 2.41 bits per heavy atom. The summed E-state index contributed by atoms with van der Waals surface area (Å²) >= 11 is 2.61. The van der Waals surface area contributed by atoms with Gasteiger partial charge in [0.25, 0.3) is 0 Å². The Labute approximate surface area is 175 Å². The molecule has 152 valence electrons. The van der Waals surface area contributed by atoms with Gasteiger partial charge < -0.3 is 4.74 Å². The van der Waals surface area contributed by atoms with Crippen molar-refractivity contribution in [2.45, 2.75) is 29.4 Å². The molecule has 0 saturated carbocycles. The zero-order chi connectivity index (χ0) is 20.6. The fourth-order valence-corrected chi connectivity index (χ4v) is 4.59. The fourth-order valence-electron chi connectivity index (χ4n) is 2.59. The summed E-state index contributed by atoms with van der Waals surface area (Å²) in [6.07, 6.45) is 1.07. The number of rotatable bonds is 9. The van der Waals surface area contributed by atoms with Gasteiger partial charge in [-0.05, 0) is 41.8 Å². The van der Waals surface area contributed by atoms with E-state index in [2.05, 4.69) is 9.93 Å². The van der Waals surface area contributed by atoms with Gasteiger partial charge in [0.2, 0.25) is 0 Å². The van der Waals surface area contributed by atoms with Crippen molar-refractivity contribution in [1.82, 2.24) is 4.98 Å². The van der Waals surface area contributed by atoms with Crippen LogP contribution in [0, 0.1) is 5.82 Å². The minimum Gasteiger partial charge on any atom is -0.493 e. The molecular weight excluding hydrogens is 416 g/mol. The zero-order valence-corrected chi connectivity index (χ0v) is 17.3. The molecule has 1 heterocycles. The number of thioether (sulfide) groups is 1. The van der Waals surface area contributed by atoms with Crippen molar-refractivity contribution < 1.29 is 23.4 Å². The summed E-state index contributed by atoms with van der Waals surface area (Å²) in [4.78, 5) is 19.1. The van der Waals surface area contributed by atoms with Crippen LogP contribution in [0.2, 0.25) is 0 Å². The van der Waals surface area contributed by atoms with Crippen molar-refractivity contribution in [1.29, 1.82) is 0 Å². The molecule has 0 aliphatic heterocycles. The summed E-state index contributed by atoms with van der Waals surface area (Å²) in [7, 11) is 0. The molecule has 3 rings (SSSR count). The molecule has 4 nitrogen and oxygen atoms in total. The van der Waals surface area contributed by atoms with Crippen LogP contribution in [0.25, 0.3) is 11.1 Å². The summed E-state index contributed by atoms with van der Waals surface area (Å²) in [6, 6.07) is 13.9. The minimum absolute atomic E-state index is 0.259. The SMILES string of the molecule is CCC(Sc1nc(CCOc2ccc(-c3ccc(F)cc3)cc2)cs1)C(=O)OF. The third-order valence-corrected chi connectivity index (χ3v) is 6.51. The number of ether oxygens (including phenoxy) is 1. The Kier molecular flexibility index (Phi) is 7.60. The van der Waals surface area contributed by atoms with Gasteiger partial charge in [-0.25, -0.2) is 14.2 Å². The maximum Gasteiger partial charge on any atom is 0.362 e. The van der Waals surface area contributed by atoms with Crippen molar-refractivity contribution in [3.63, 3.8) is 0 Å². The van der Waals surface area contributed by atoms with Crippen LogP contribution in [0.4, 0.5) is 8.92 Å². The number of thiazole rings is 1. The fraction of sp³-hybridized carbons (Fsp3) is 0.238. The lowest BCUT2D eigenvalue weighted by Crippen LogP contribution is -2.16. The van der Waals surface area contributed by atoms with Crippen LogP contribution in [-0.4, -0.2) is 22.8 Å². The van der Waals surface area contributed by atoms with Crippen LogP contribution in [0.3, 0.4) is 0 Å². The molecule has 0 aliphatic carbocycles. The monoisotopic (exact) mass is 435 g/mol. The normalized spacial score (nSPS) is 11.8. The van der Waals surface area contributed by atoms with Crippen molar-refractivity contribution in [2.75, 3.05) is 6.61 Å². The second-order valence-corrected chi connectivity index (χ2v) is 8.45. The quantitative estimate of drug-likeness (QED) is 0.394. The van der Waals surface area contributed by atoms with Gasteiger partial charge in [0, 0.05) is 16.3 Å². The van der Waals surface area contributed by atoms with E-state index in [9.17, 15) is 13.7 Å². The van der Waals surface area contributed by atoms with Crippen molar-refractivity contribution >= 4 is 29.1 Å². The third kappa shape index (κ3) is 6.01. The van der Waals surface area contributed by atoms with E-state index >= 15 is 0 Å². The third-order valence-electron chi connectivity index (χ3n) is 4.14. The summed E-state index contributed by atoms with van der Waals surface area (Å²) in [5.74, 6) is -0.413. The van der Waals surface area contributed by atoms with Crippen molar-refractivity contribution in [2.24, 2.45) is 0 Å². The van der Waals surface area contributed by atoms with Gasteiger partial charge in [-0.3, -0.25) is 4.94 Å². The van der Waals surface area contributed by atoms with Gasteiger partial charge in [0.15, 0.2) is 4.34 Å². The van der Waals surface area contributed by atoms with Crippen LogP contribution in [0.15, 0.2) is 58.3 Å². The van der Waals surface area contributed by atoms with Gasteiger partial charge in [0.1, 0.15) is 16.8 Å². The first-order chi connectivity index (χ1) is 14.1. The summed E-state index contributed by atoms with van der Waals surface area (Å²) in [5.41, 5.74) is 2.77. The van der Waals surface area contributed by atoms with E-state index in [4.69, 9.17) is 4.74 Å². The molecule has 1 aromatic heterocycles. The Hall–Kier alpha value is -2.45. The predicted octanol–water partition coefficient (Wildman–Crippen LogP) is 5.87. The Bertz CT molecular complexity index is 930. The maximum atomic E-state index is 13.0. The predicted molar refractivity (Wildman–Crippen MR) is 110 cm³/mol. The Balaban J connectivity index is 1.49. The lowest BCUT2D eigenvalue weighted by molar-refractivity contribution is -0.182. The van der Waals surface area contributed by atoms with E-state index in [0.717, 1.165) is 22.6 Å². The molecule has 3 aromatic rings. The topological polar surface area (TPSA) is 48.4 Å². The molecule has 1 atom stereocenters. The first-order valence-corrected chi connectivity index (χ1v) is 10.8. The molecule has 0 saturated heterocycles. The number of hydrogen-bond acceptors (Lipinski definition) is 6. The largest absolute Gasteiger partial charge is 0.493 e. The maximum absolute atomic E-state index is 13.0. The van der Waals surface area contributed by atoms with E-state index < -0.39 is 11.2 Å². The lowest BCUT2D eigenvalue weighted by atomic mass is 10.1. The molecule has 2 aromatic carbocycles. The Morgan fingerprint density at radius 1 is 1.14 bits per heavy atom. The molecule has 0 N–H and O–H groups in total. The number of aromatic nitrogens is 1. The lowest BCUT2D eigenvalue weighted by Gasteiger charge is -2.07. The minimum atomic E-state index is -0.887. The smallest absolute Gasteiger partial charge is 0.362 e. The van der Waals surface area contributed by atoms with Crippen LogP contribution in [0.1, 0.15) is 19.0 Å². The number of carbonyl (C=O) groups excluding carboxylic acids is 1. The van der Waals surface area contributed by atoms with E-state index in [1.165, 1.54) is 35.2 Å². The van der Waals surface area contributed by atoms with Gasteiger partial charge in [0.05, 0.1) is 12.3 Å². The summed E-state index contributed by atoms with van der Waals surface area (Å²) < 4.78 is 31.6. The second kappa shape index (κ2) is 10.4. The van der Waals surface area contributed by atoms with Crippen LogP contribution >= 0.6 is 23.1 Å². The Morgan fingerprint density at radius 2 is 1.79 bits per heavy atom. The van der Waals surface area contributed by atoms with Gasteiger partial charge in [-0.1, -0.05) is 43.0 Å². The van der Waals surface area contributed by atoms with E-state index in [1.54, 1.807) is 19.1 Å². The highest BCUT2D eigenvalue weighted by Crippen LogP contribution is 2.29. The van der Waals surface area contributed by atoms with Crippen LogP contribution < -0.4 is 4.74 Å². The van der Waals surface area contributed by atoms with Gasteiger partial charge >= 0.3 is 5.97 Å². The van der Waals surface area contributed by atoms with Crippen LogP contribution in [0.5, 0.6) is 5.75 Å². The average Bonchev–Trinajstić information content (AvgIpc) is 3.20. The molecule has 29 heavy (non-hydrogen) atoms. The van der Waals surface area contributed by atoms with Crippen molar-refractivity contribution in [3.05, 3.63) is 65.4 Å². The first kappa shape index (κ1) is 21.3. The first-order valence-electron chi connectivity index (χ1n) is 9.01. The van der Waals surface area contributed by atoms with Gasteiger partial charge in [-0.15, -0.1) is 11.3 Å². The highest BCUT2D eigenvalue weighted by molar-refractivity contribution is 8.02. The second-order valence-electron chi connectivity index (χ2n) is 6.15. The summed E-state index contributed by atoms with van der Waals surface area (Å²) in [6.45, 7) is 2.24. The number of halogens is 2. The molecule has 0 fully saturated rings. The van der Waals surface area contributed by atoms with E-state index in [-0.39, 0.29) is 5.82 Å². The molecule has 8 heteroatoms. The number of hydrogen-bond donors (Lipinski definition) is 0. The number of nitrogens with zero attached hydrogens (tertiary/aromatic N) is 1. The van der Waals surface area contributed by atoms with Crippen molar-refractivity contribution in [3.8, 4) is 16.9 Å². The van der Waals surface area contributed by atoms with E-state index in [0.29, 0.717) is 23.8 Å². The number of benzene rings is 2. The standard InChI is InChI=1S/C21H19F2NO3S2/c1-2-19(20(25)27-23)29-21-24-17(13-28-21)11-12-26-18-9-5-15(6-10-18)14-3-7-16(22)8-4-14/h3-10,13,19H,2,11-12H2,1H3. The number of carbonyl (C=O) groups is 1.